The number of nitrogens with one attached hydrogen (secondary N) is 1. The van der Waals surface area contributed by atoms with E-state index in [9.17, 15) is 9.59 Å². The molecule has 1 fully saturated rings. The predicted molar refractivity (Wildman–Crippen MR) is 83.4 cm³/mol. The Morgan fingerprint density at radius 1 is 1.43 bits per heavy atom. The fourth-order valence-corrected chi connectivity index (χ4v) is 2.88. The minimum absolute atomic E-state index is 0.0547. The van der Waals surface area contributed by atoms with Gasteiger partial charge in [0, 0.05) is 23.8 Å². The summed E-state index contributed by atoms with van der Waals surface area (Å²) in [6.45, 7) is 4.81. The summed E-state index contributed by atoms with van der Waals surface area (Å²) in [6.07, 6.45) is 4.28. The summed E-state index contributed by atoms with van der Waals surface area (Å²) in [5, 5.41) is 2.94. The Labute approximate surface area is 125 Å². The molecular weight excluding hydrogens is 266 g/mol. The smallest absolute Gasteiger partial charge is 0.322 e. The van der Waals surface area contributed by atoms with E-state index < -0.39 is 5.91 Å². The van der Waals surface area contributed by atoms with Crippen LogP contribution in [0, 0.1) is 6.92 Å². The van der Waals surface area contributed by atoms with Crippen LogP contribution in [0.1, 0.15) is 48.5 Å². The van der Waals surface area contributed by atoms with Gasteiger partial charge in [0.1, 0.15) is 0 Å². The van der Waals surface area contributed by atoms with Gasteiger partial charge in [-0.2, -0.15) is 0 Å². The zero-order chi connectivity index (χ0) is 15.4. The first-order valence-corrected chi connectivity index (χ1v) is 7.51. The van der Waals surface area contributed by atoms with E-state index in [2.05, 4.69) is 12.2 Å². The molecule has 1 aliphatic heterocycles. The van der Waals surface area contributed by atoms with Crippen molar-refractivity contribution in [2.75, 3.05) is 11.9 Å². The summed E-state index contributed by atoms with van der Waals surface area (Å²) in [7, 11) is 0. The number of amides is 3. The lowest BCUT2D eigenvalue weighted by molar-refractivity contribution is 0.1000. The number of anilines is 1. The molecule has 0 bridgehead atoms. The molecule has 5 heteroatoms. The first-order valence-electron chi connectivity index (χ1n) is 7.51. The van der Waals surface area contributed by atoms with E-state index in [4.69, 9.17) is 5.73 Å². The van der Waals surface area contributed by atoms with Gasteiger partial charge in [-0.1, -0.05) is 13.3 Å². The van der Waals surface area contributed by atoms with Gasteiger partial charge in [0.05, 0.1) is 0 Å². The number of hydrogen-bond acceptors (Lipinski definition) is 2. The SMILES string of the molecule is CCC[C@H]1CCCN1C(=O)Nc1ccc(C(N)=O)cc1C. The Morgan fingerprint density at radius 2 is 2.19 bits per heavy atom. The molecule has 0 spiro atoms. The first kappa shape index (κ1) is 15.4. The third-order valence-electron chi connectivity index (χ3n) is 4.01. The highest BCUT2D eigenvalue weighted by molar-refractivity contribution is 5.95. The van der Waals surface area contributed by atoms with Gasteiger partial charge in [-0.3, -0.25) is 4.79 Å². The largest absolute Gasteiger partial charge is 0.366 e. The van der Waals surface area contributed by atoms with Crippen molar-refractivity contribution in [2.45, 2.75) is 45.6 Å². The van der Waals surface area contributed by atoms with Crippen molar-refractivity contribution in [3.05, 3.63) is 29.3 Å². The quantitative estimate of drug-likeness (QED) is 0.894. The molecule has 0 saturated carbocycles. The lowest BCUT2D eigenvalue weighted by atomic mass is 10.1. The van der Waals surface area contributed by atoms with Crippen LogP contribution in [0.2, 0.25) is 0 Å². The summed E-state index contributed by atoms with van der Waals surface area (Å²) < 4.78 is 0. The second-order valence-corrected chi connectivity index (χ2v) is 5.60. The topological polar surface area (TPSA) is 75.4 Å². The van der Waals surface area contributed by atoms with Crippen LogP contribution in [0.3, 0.4) is 0 Å². The summed E-state index contributed by atoms with van der Waals surface area (Å²) in [4.78, 5) is 25.5. The van der Waals surface area contributed by atoms with E-state index in [1.54, 1.807) is 18.2 Å². The van der Waals surface area contributed by atoms with Crippen LogP contribution >= 0.6 is 0 Å². The molecule has 114 valence electrons. The summed E-state index contributed by atoms with van der Waals surface area (Å²) in [5.41, 5.74) is 7.27. The number of primary amides is 1. The molecule has 3 amide bonds. The number of benzene rings is 1. The number of carbonyl (C=O) groups excluding carboxylic acids is 2. The molecule has 2 rings (SSSR count). The number of likely N-dealkylation sites (tertiary alicyclic amines) is 1. The minimum Gasteiger partial charge on any atom is -0.366 e. The van der Waals surface area contributed by atoms with Gasteiger partial charge in [-0.15, -0.1) is 0 Å². The molecule has 0 aromatic heterocycles. The Kier molecular flexibility index (Phi) is 4.83. The van der Waals surface area contributed by atoms with Gasteiger partial charge in [0.2, 0.25) is 5.91 Å². The number of hydrogen-bond donors (Lipinski definition) is 2. The van der Waals surface area contributed by atoms with Crippen LogP contribution in [-0.2, 0) is 0 Å². The van der Waals surface area contributed by atoms with Crippen LogP contribution in [0.15, 0.2) is 18.2 Å². The highest BCUT2D eigenvalue weighted by Gasteiger charge is 2.28. The zero-order valence-electron chi connectivity index (χ0n) is 12.7. The predicted octanol–water partition coefficient (Wildman–Crippen LogP) is 2.89. The van der Waals surface area contributed by atoms with E-state index in [1.165, 1.54) is 0 Å². The molecule has 1 aromatic rings. The lowest BCUT2D eigenvalue weighted by Crippen LogP contribution is -2.38. The standard InChI is InChI=1S/C16H23N3O2/c1-3-5-13-6-4-9-19(13)16(21)18-14-8-7-12(15(17)20)10-11(14)2/h7-8,10,13H,3-6,9H2,1-2H3,(H2,17,20)(H,18,21)/t13-/m0/s1. The fraction of sp³-hybridized carbons (Fsp3) is 0.500. The average molecular weight is 289 g/mol. The van der Waals surface area contributed by atoms with Crippen molar-refractivity contribution in [2.24, 2.45) is 5.73 Å². The molecule has 1 heterocycles. The second-order valence-electron chi connectivity index (χ2n) is 5.60. The maximum absolute atomic E-state index is 12.4. The van der Waals surface area contributed by atoms with Gasteiger partial charge in [-0.05, 0) is 49.9 Å². The average Bonchev–Trinajstić information content (AvgIpc) is 2.89. The van der Waals surface area contributed by atoms with E-state index in [-0.39, 0.29) is 6.03 Å². The number of nitrogens with two attached hydrogens (primary N) is 1. The molecule has 5 nitrogen and oxygen atoms in total. The van der Waals surface area contributed by atoms with E-state index >= 15 is 0 Å². The molecule has 1 atom stereocenters. The monoisotopic (exact) mass is 289 g/mol. The number of aryl methyl sites for hydroxylation is 1. The molecule has 0 unspecified atom stereocenters. The second kappa shape index (κ2) is 6.61. The molecule has 1 aromatic carbocycles. The van der Waals surface area contributed by atoms with Crippen molar-refractivity contribution in [1.29, 1.82) is 0 Å². The lowest BCUT2D eigenvalue weighted by Gasteiger charge is -2.25. The molecule has 1 saturated heterocycles. The van der Waals surface area contributed by atoms with Crippen molar-refractivity contribution in [3.8, 4) is 0 Å². The fourth-order valence-electron chi connectivity index (χ4n) is 2.88. The van der Waals surface area contributed by atoms with Crippen molar-refractivity contribution in [1.82, 2.24) is 4.90 Å². The molecule has 21 heavy (non-hydrogen) atoms. The zero-order valence-corrected chi connectivity index (χ0v) is 12.7. The van der Waals surface area contributed by atoms with E-state index in [1.807, 2.05) is 11.8 Å². The highest BCUT2D eigenvalue weighted by atomic mass is 16.2. The molecule has 1 aliphatic rings. The van der Waals surface area contributed by atoms with Crippen LogP contribution in [0.4, 0.5) is 10.5 Å². The summed E-state index contributed by atoms with van der Waals surface area (Å²) in [6, 6.07) is 5.36. The Bertz CT molecular complexity index is 542. The van der Waals surface area contributed by atoms with E-state index in [0.717, 1.165) is 43.5 Å². The summed E-state index contributed by atoms with van der Waals surface area (Å²) >= 11 is 0. The number of carbonyl (C=O) groups is 2. The molecule has 0 radical (unpaired) electrons. The summed E-state index contributed by atoms with van der Waals surface area (Å²) in [5.74, 6) is -0.460. The normalized spacial score (nSPS) is 17.8. The minimum atomic E-state index is -0.460. The van der Waals surface area contributed by atoms with Crippen LogP contribution in [0.25, 0.3) is 0 Å². The van der Waals surface area contributed by atoms with Gasteiger partial charge in [0.25, 0.3) is 0 Å². The van der Waals surface area contributed by atoms with Crippen molar-refractivity contribution < 1.29 is 9.59 Å². The van der Waals surface area contributed by atoms with Crippen LogP contribution < -0.4 is 11.1 Å². The van der Waals surface area contributed by atoms with E-state index in [0.29, 0.717) is 11.6 Å². The number of rotatable bonds is 4. The Balaban J connectivity index is 2.07. The number of nitrogens with zero attached hydrogens (tertiary/aromatic N) is 1. The van der Waals surface area contributed by atoms with Crippen molar-refractivity contribution in [3.63, 3.8) is 0 Å². The Morgan fingerprint density at radius 3 is 2.81 bits per heavy atom. The highest BCUT2D eigenvalue weighted by Crippen LogP contribution is 2.23. The third-order valence-corrected chi connectivity index (χ3v) is 4.01. The van der Waals surface area contributed by atoms with Gasteiger partial charge < -0.3 is 16.0 Å². The maximum Gasteiger partial charge on any atom is 0.322 e. The number of urea groups is 1. The maximum atomic E-state index is 12.4. The first-order chi connectivity index (χ1) is 10.0. The van der Waals surface area contributed by atoms with Crippen LogP contribution in [0.5, 0.6) is 0 Å². The van der Waals surface area contributed by atoms with Crippen molar-refractivity contribution >= 4 is 17.6 Å². The molecule has 0 aliphatic carbocycles. The molecular formula is C16H23N3O2. The van der Waals surface area contributed by atoms with Gasteiger partial charge in [0.15, 0.2) is 0 Å². The van der Waals surface area contributed by atoms with Gasteiger partial charge in [-0.25, -0.2) is 4.79 Å². The van der Waals surface area contributed by atoms with Crippen LogP contribution in [-0.4, -0.2) is 29.4 Å². The third kappa shape index (κ3) is 3.54. The molecule has 3 N–H and O–H groups in total. The Hall–Kier alpha value is -2.04. The van der Waals surface area contributed by atoms with Gasteiger partial charge >= 0.3 is 6.03 Å².